The summed E-state index contributed by atoms with van der Waals surface area (Å²) in [5, 5.41) is 0. The van der Waals surface area contributed by atoms with Crippen LogP contribution < -0.4 is 0 Å². The number of rotatable bonds is 5. The SMILES string of the molecule is CC1CN(CC2CCN(C(=O)c3cc(S(=O)(=O)N4CCOCC4)ccc3F)CC2)CC(C)O1. The van der Waals surface area contributed by atoms with E-state index in [0.29, 0.717) is 32.2 Å². The molecule has 3 fully saturated rings. The second-order valence-corrected chi connectivity index (χ2v) is 11.3. The quantitative estimate of drug-likeness (QED) is 0.636. The Morgan fingerprint density at radius 1 is 1.06 bits per heavy atom. The number of nitrogens with zero attached hydrogens (tertiary/aromatic N) is 3. The Kier molecular flexibility index (Phi) is 7.69. The summed E-state index contributed by atoms with van der Waals surface area (Å²) < 4.78 is 52.8. The number of halogens is 1. The highest BCUT2D eigenvalue weighted by molar-refractivity contribution is 7.89. The van der Waals surface area contributed by atoms with Gasteiger partial charge in [0.1, 0.15) is 5.82 Å². The molecule has 8 nitrogen and oxygen atoms in total. The van der Waals surface area contributed by atoms with E-state index in [2.05, 4.69) is 18.7 Å². The number of hydrogen-bond acceptors (Lipinski definition) is 6. The van der Waals surface area contributed by atoms with Crippen LogP contribution in [0.1, 0.15) is 37.0 Å². The number of hydrogen-bond donors (Lipinski definition) is 0. The second kappa shape index (κ2) is 10.4. The number of ether oxygens (including phenoxy) is 2. The molecule has 184 valence electrons. The van der Waals surface area contributed by atoms with Gasteiger partial charge in [0.25, 0.3) is 5.91 Å². The first-order valence-corrected chi connectivity index (χ1v) is 13.2. The molecule has 0 radical (unpaired) electrons. The summed E-state index contributed by atoms with van der Waals surface area (Å²) in [5.74, 6) is -0.664. The van der Waals surface area contributed by atoms with Crippen LogP contribution >= 0.6 is 0 Å². The molecule has 2 atom stereocenters. The molecule has 10 heteroatoms. The number of amides is 1. The van der Waals surface area contributed by atoms with Crippen LogP contribution in [0.3, 0.4) is 0 Å². The number of carbonyl (C=O) groups is 1. The Bertz CT molecular complexity index is 935. The van der Waals surface area contributed by atoms with Gasteiger partial charge in [0.05, 0.1) is 35.9 Å². The van der Waals surface area contributed by atoms with Gasteiger partial charge in [0.2, 0.25) is 10.0 Å². The third kappa shape index (κ3) is 5.74. The van der Waals surface area contributed by atoms with Gasteiger partial charge in [0.15, 0.2) is 0 Å². The first-order chi connectivity index (χ1) is 15.7. The van der Waals surface area contributed by atoms with Crippen molar-refractivity contribution in [3.63, 3.8) is 0 Å². The number of benzene rings is 1. The van der Waals surface area contributed by atoms with Crippen LogP contribution in [0.5, 0.6) is 0 Å². The minimum Gasteiger partial charge on any atom is -0.379 e. The monoisotopic (exact) mass is 483 g/mol. The van der Waals surface area contributed by atoms with E-state index < -0.39 is 21.7 Å². The zero-order valence-electron chi connectivity index (χ0n) is 19.4. The molecule has 3 aliphatic rings. The van der Waals surface area contributed by atoms with Gasteiger partial charge in [-0.2, -0.15) is 4.31 Å². The van der Waals surface area contributed by atoms with E-state index in [-0.39, 0.29) is 35.8 Å². The van der Waals surface area contributed by atoms with E-state index in [1.165, 1.54) is 16.4 Å². The smallest absolute Gasteiger partial charge is 0.256 e. The van der Waals surface area contributed by atoms with Crippen LogP contribution in [-0.2, 0) is 19.5 Å². The summed E-state index contributed by atoms with van der Waals surface area (Å²) in [6.07, 6.45) is 2.14. The molecule has 0 N–H and O–H groups in total. The molecular weight excluding hydrogens is 449 g/mol. The lowest BCUT2D eigenvalue weighted by Gasteiger charge is -2.39. The van der Waals surface area contributed by atoms with E-state index >= 15 is 0 Å². The largest absolute Gasteiger partial charge is 0.379 e. The van der Waals surface area contributed by atoms with Crippen LogP contribution in [0.4, 0.5) is 4.39 Å². The summed E-state index contributed by atoms with van der Waals surface area (Å²) in [4.78, 5) is 17.1. The van der Waals surface area contributed by atoms with Crippen molar-refractivity contribution in [1.29, 1.82) is 0 Å². The van der Waals surface area contributed by atoms with Crippen molar-refractivity contribution in [1.82, 2.24) is 14.1 Å². The average molecular weight is 484 g/mol. The first-order valence-electron chi connectivity index (χ1n) is 11.8. The lowest BCUT2D eigenvalue weighted by atomic mass is 9.95. The lowest BCUT2D eigenvalue weighted by Crippen LogP contribution is -2.48. The van der Waals surface area contributed by atoms with Crippen molar-refractivity contribution in [3.05, 3.63) is 29.6 Å². The van der Waals surface area contributed by atoms with E-state index in [4.69, 9.17) is 9.47 Å². The Labute approximate surface area is 195 Å². The van der Waals surface area contributed by atoms with E-state index in [1.54, 1.807) is 4.90 Å². The predicted octanol–water partition coefficient (Wildman–Crippen LogP) is 1.81. The third-order valence-electron chi connectivity index (χ3n) is 6.69. The Balaban J connectivity index is 1.39. The third-order valence-corrected chi connectivity index (χ3v) is 8.58. The Morgan fingerprint density at radius 3 is 2.33 bits per heavy atom. The van der Waals surface area contributed by atoms with E-state index in [1.807, 2.05) is 0 Å². The standard InChI is InChI=1S/C23H34FN3O5S/c1-17-14-25(15-18(2)32-17)16-19-5-7-26(8-6-19)23(28)21-13-20(3-4-22(21)24)33(29,30)27-9-11-31-12-10-27/h3-4,13,17-19H,5-12,14-16H2,1-2H3. The highest BCUT2D eigenvalue weighted by atomic mass is 32.2. The van der Waals surface area contributed by atoms with Crippen molar-refractivity contribution >= 4 is 15.9 Å². The lowest BCUT2D eigenvalue weighted by molar-refractivity contribution is -0.0728. The second-order valence-electron chi connectivity index (χ2n) is 9.37. The van der Waals surface area contributed by atoms with E-state index in [9.17, 15) is 17.6 Å². The minimum absolute atomic E-state index is 0.0559. The number of morpholine rings is 2. The van der Waals surface area contributed by atoms with Crippen molar-refractivity contribution in [2.24, 2.45) is 5.92 Å². The van der Waals surface area contributed by atoms with Crippen LogP contribution in [0, 0.1) is 11.7 Å². The van der Waals surface area contributed by atoms with Crippen molar-refractivity contribution in [2.45, 2.75) is 43.8 Å². The summed E-state index contributed by atoms with van der Waals surface area (Å²) >= 11 is 0. The average Bonchev–Trinajstić information content (AvgIpc) is 2.79. The van der Waals surface area contributed by atoms with Crippen LogP contribution in [0.15, 0.2) is 23.1 Å². The molecular formula is C23H34FN3O5S. The van der Waals surface area contributed by atoms with Gasteiger partial charge in [-0.1, -0.05) is 0 Å². The normalized spacial score (nSPS) is 26.5. The zero-order valence-corrected chi connectivity index (χ0v) is 20.2. The summed E-state index contributed by atoms with van der Waals surface area (Å²) in [5.41, 5.74) is -0.182. The maximum Gasteiger partial charge on any atom is 0.256 e. The van der Waals surface area contributed by atoms with Crippen LogP contribution in [0.2, 0.25) is 0 Å². The molecule has 0 spiro atoms. The molecule has 2 unspecified atom stereocenters. The highest BCUT2D eigenvalue weighted by Gasteiger charge is 2.31. The van der Waals surface area contributed by atoms with Gasteiger partial charge in [-0.15, -0.1) is 0 Å². The molecule has 0 aromatic heterocycles. The van der Waals surface area contributed by atoms with Crippen LogP contribution in [-0.4, -0.2) is 99.7 Å². The number of sulfonamides is 1. The Morgan fingerprint density at radius 2 is 1.70 bits per heavy atom. The van der Waals surface area contributed by atoms with Crippen molar-refractivity contribution in [2.75, 3.05) is 59.0 Å². The topological polar surface area (TPSA) is 79.4 Å². The fourth-order valence-corrected chi connectivity index (χ4v) is 6.49. The van der Waals surface area contributed by atoms with Gasteiger partial charge in [-0.3, -0.25) is 9.69 Å². The summed E-state index contributed by atoms with van der Waals surface area (Å²) in [6, 6.07) is 3.49. The summed E-state index contributed by atoms with van der Waals surface area (Å²) in [6.45, 7) is 9.20. The first kappa shape index (κ1) is 24.5. The van der Waals surface area contributed by atoms with Gasteiger partial charge in [-0.05, 0) is 50.8 Å². The van der Waals surface area contributed by atoms with Gasteiger partial charge >= 0.3 is 0 Å². The molecule has 0 saturated carbocycles. The molecule has 3 heterocycles. The fourth-order valence-electron chi connectivity index (χ4n) is 5.05. The van der Waals surface area contributed by atoms with Crippen LogP contribution in [0.25, 0.3) is 0 Å². The maximum absolute atomic E-state index is 14.6. The zero-order chi connectivity index (χ0) is 23.6. The molecule has 1 aromatic carbocycles. The Hall–Kier alpha value is -1.59. The van der Waals surface area contributed by atoms with E-state index in [0.717, 1.165) is 38.5 Å². The van der Waals surface area contributed by atoms with Crippen molar-refractivity contribution in [3.8, 4) is 0 Å². The molecule has 0 bridgehead atoms. The maximum atomic E-state index is 14.6. The molecule has 1 aromatic rings. The van der Waals surface area contributed by atoms with Gasteiger partial charge in [0, 0.05) is 45.8 Å². The van der Waals surface area contributed by atoms with Gasteiger partial charge in [-0.25, -0.2) is 12.8 Å². The predicted molar refractivity (Wildman–Crippen MR) is 121 cm³/mol. The molecule has 3 saturated heterocycles. The number of piperidine rings is 1. The fraction of sp³-hybridized carbons (Fsp3) is 0.696. The van der Waals surface area contributed by atoms with Gasteiger partial charge < -0.3 is 14.4 Å². The molecule has 3 aliphatic heterocycles. The highest BCUT2D eigenvalue weighted by Crippen LogP contribution is 2.25. The summed E-state index contributed by atoms with van der Waals surface area (Å²) in [7, 11) is -3.80. The number of carbonyl (C=O) groups excluding carboxylic acids is 1. The molecule has 0 aliphatic carbocycles. The van der Waals surface area contributed by atoms with Crippen molar-refractivity contribution < 1.29 is 27.1 Å². The molecule has 1 amide bonds. The minimum atomic E-state index is -3.80. The number of likely N-dealkylation sites (tertiary alicyclic amines) is 1. The molecule has 4 rings (SSSR count). The molecule has 33 heavy (non-hydrogen) atoms.